The summed E-state index contributed by atoms with van der Waals surface area (Å²) in [7, 11) is 0. The van der Waals surface area contributed by atoms with Crippen LogP contribution in [0.4, 0.5) is 5.69 Å². The molecule has 3 nitrogen and oxygen atoms in total. The fraction of sp³-hybridized carbons (Fsp3) is 0.417. The average Bonchev–Trinajstić information content (AvgIpc) is 2.25. The molecule has 3 heteroatoms. The van der Waals surface area contributed by atoms with Crippen LogP contribution in [0.2, 0.25) is 0 Å². The second-order valence-electron chi connectivity index (χ2n) is 3.56. The summed E-state index contributed by atoms with van der Waals surface area (Å²) in [5.74, 6) is 0. The second kappa shape index (κ2) is 6.17. The highest BCUT2D eigenvalue weighted by atomic mass is 16.6. The molecule has 0 saturated carbocycles. The number of hydrogen-bond acceptors (Lipinski definition) is 2. The van der Waals surface area contributed by atoms with Gasteiger partial charge in [0, 0.05) is 12.1 Å². The molecule has 81 valence electrons. The molecule has 0 heterocycles. The molecule has 0 unspecified atom stereocenters. The molecule has 0 aliphatic heterocycles. The molecule has 0 saturated heterocycles. The lowest BCUT2D eigenvalue weighted by Crippen LogP contribution is -1.90. The van der Waals surface area contributed by atoms with Crippen LogP contribution in [0, 0.1) is 16.5 Å². The van der Waals surface area contributed by atoms with Crippen molar-refractivity contribution in [2.75, 3.05) is 0 Å². The molecule has 0 N–H and O–H groups in total. The van der Waals surface area contributed by atoms with Crippen LogP contribution in [0.25, 0.3) is 0 Å². The largest absolute Gasteiger partial charge is 0.269 e. The number of nitro groups is 1. The predicted molar refractivity (Wildman–Crippen MR) is 60.6 cm³/mol. The molecule has 15 heavy (non-hydrogen) atoms. The van der Waals surface area contributed by atoms with Crippen molar-refractivity contribution in [3.63, 3.8) is 0 Å². The number of benzene rings is 1. The Hall–Kier alpha value is -1.38. The van der Waals surface area contributed by atoms with E-state index in [0.717, 1.165) is 18.4 Å². The number of nitro benzene ring substituents is 1. The van der Waals surface area contributed by atoms with Gasteiger partial charge in [-0.05, 0) is 24.8 Å². The zero-order chi connectivity index (χ0) is 11.1. The van der Waals surface area contributed by atoms with E-state index in [1.54, 1.807) is 12.1 Å². The van der Waals surface area contributed by atoms with Crippen LogP contribution in [0.5, 0.6) is 0 Å². The normalized spacial score (nSPS) is 10.2. The molecule has 1 aromatic carbocycles. The molecule has 0 amide bonds. The van der Waals surface area contributed by atoms with Gasteiger partial charge in [-0.25, -0.2) is 0 Å². The van der Waals surface area contributed by atoms with E-state index in [2.05, 4.69) is 13.3 Å². The third-order valence-electron chi connectivity index (χ3n) is 2.29. The maximum absolute atomic E-state index is 10.4. The Morgan fingerprint density at radius 1 is 1.33 bits per heavy atom. The molecular weight excluding hydrogens is 190 g/mol. The van der Waals surface area contributed by atoms with E-state index in [0.29, 0.717) is 0 Å². The fourth-order valence-corrected chi connectivity index (χ4v) is 1.37. The van der Waals surface area contributed by atoms with Crippen molar-refractivity contribution in [3.05, 3.63) is 46.4 Å². The topological polar surface area (TPSA) is 43.1 Å². The zero-order valence-electron chi connectivity index (χ0n) is 8.98. The lowest BCUT2D eigenvalue weighted by molar-refractivity contribution is -0.384. The van der Waals surface area contributed by atoms with Crippen molar-refractivity contribution in [1.82, 2.24) is 0 Å². The molecule has 0 aliphatic carbocycles. The van der Waals surface area contributed by atoms with Gasteiger partial charge in [-0.3, -0.25) is 10.1 Å². The lowest BCUT2D eigenvalue weighted by Gasteiger charge is -2.00. The molecule has 0 spiro atoms. The van der Waals surface area contributed by atoms with E-state index in [1.807, 2.05) is 12.1 Å². The molecule has 1 radical (unpaired) electrons. The van der Waals surface area contributed by atoms with E-state index in [4.69, 9.17) is 0 Å². The van der Waals surface area contributed by atoms with Crippen molar-refractivity contribution in [2.24, 2.45) is 0 Å². The Labute approximate surface area is 90.3 Å². The molecule has 0 aromatic heterocycles. The zero-order valence-corrected chi connectivity index (χ0v) is 8.98. The van der Waals surface area contributed by atoms with Crippen LogP contribution in [0.1, 0.15) is 31.7 Å². The van der Waals surface area contributed by atoms with E-state index >= 15 is 0 Å². The van der Waals surface area contributed by atoms with Gasteiger partial charge < -0.3 is 0 Å². The first-order chi connectivity index (χ1) is 7.24. The minimum Gasteiger partial charge on any atom is -0.258 e. The number of non-ortho nitro benzene ring substituents is 1. The smallest absolute Gasteiger partial charge is 0.258 e. The van der Waals surface area contributed by atoms with Gasteiger partial charge in [0.1, 0.15) is 0 Å². The van der Waals surface area contributed by atoms with E-state index in [9.17, 15) is 10.1 Å². The van der Waals surface area contributed by atoms with Crippen LogP contribution < -0.4 is 0 Å². The maximum atomic E-state index is 10.4. The number of nitrogens with zero attached hydrogens (tertiary/aromatic N) is 1. The highest BCUT2D eigenvalue weighted by molar-refractivity contribution is 5.33. The summed E-state index contributed by atoms with van der Waals surface area (Å²) in [6.07, 6.45) is 6.67. The van der Waals surface area contributed by atoms with Gasteiger partial charge >= 0.3 is 0 Å². The van der Waals surface area contributed by atoms with Crippen LogP contribution in [-0.4, -0.2) is 4.92 Å². The Morgan fingerprint density at radius 3 is 2.53 bits per heavy atom. The van der Waals surface area contributed by atoms with Gasteiger partial charge in [-0.2, -0.15) is 0 Å². The quantitative estimate of drug-likeness (QED) is 0.406. The number of hydrogen-bond donors (Lipinski definition) is 0. The van der Waals surface area contributed by atoms with Crippen molar-refractivity contribution < 1.29 is 4.92 Å². The molecule has 0 atom stereocenters. The van der Waals surface area contributed by atoms with Gasteiger partial charge in [-0.15, -0.1) is 0 Å². The van der Waals surface area contributed by atoms with Crippen LogP contribution >= 0.6 is 0 Å². The monoisotopic (exact) mass is 206 g/mol. The van der Waals surface area contributed by atoms with E-state index < -0.39 is 0 Å². The van der Waals surface area contributed by atoms with Crippen molar-refractivity contribution in [3.8, 4) is 0 Å². The van der Waals surface area contributed by atoms with Crippen molar-refractivity contribution in [2.45, 2.75) is 32.6 Å². The fourth-order valence-electron chi connectivity index (χ4n) is 1.37. The average molecular weight is 206 g/mol. The van der Waals surface area contributed by atoms with Crippen LogP contribution in [-0.2, 0) is 6.42 Å². The minimum absolute atomic E-state index is 0.160. The summed E-state index contributed by atoms with van der Waals surface area (Å²) in [6, 6.07) is 6.76. The first kappa shape index (κ1) is 11.7. The van der Waals surface area contributed by atoms with Crippen molar-refractivity contribution in [1.29, 1.82) is 0 Å². The summed E-state index contributed by atoms with van der Waals surface area (Å²) < 4.78 is 0. The highest BCUT2D eigenvalue weighted by Gasteiger charge is 2.03. The first-order valence-electron chi connectivity index (χ1n) is 5.29. The molecule has 0 fully saturated rings. The first-order valence-corrected chi connectivity index (χ1v) is 5.29. The standard InChI is InChI=1S/C12H16NO2/c1-2-3-4-5-6-11-7-9-12(10-8-11)13(14)15/h5,7-10H,2-4,6H2,1H3. The van der Waals surface area contributed by atoms with Gasteiger partial charge in [0.05, 0.1) is 4.92 Å². The van der Waals surface area contributed by atoms with Crippen molar-refractivity contribution >= 4 is 5.69 Å². The maximum Gasteiger partial charge on any atom is 0.269 e. The van der Waals surface area contributed by atoms with Gasteiger partial charge in [0.15, 0.2) is 0 Å². The third-order valence-corrected chi connectivity index (χ3v) is 2.29. The van der Waals surface area contributed by atoms with E-state index in [-0.39, 0.29) is 10.6 Å². The van der Waals surface area contributed by atoms with Gasteiger partial charge in [0.25, 0.3) is 5.69 Å². The molecule has 1 rings (SSSR count). The van der Waals surface area contributed by atoms with Gasteiger partial charge in [-0.1, -0.05) is 31.9 Å². The predicted octanol–water partition coefficient (Wildman–Crippen LogP) is 3.53. The summed E-state index contributed by atoms with van der Waals surface area (Å²) in [6.45, 7) is 2.17. The van der Waals surface area contributed by atoms with E-state index in [1.165, 1.54) is 12.8 Å². The Morgan fingerprint density at radius 2 is 2.00 bits per heavy atom. The van der Waals surface area contributed by atoms with Crippen LogP contribution in [0.15, 0.2) is 24.3 Å². The Balaban J connectivity index is 2.39. The Bertz CT molecular complexity index is 306. The lowest BCUT2D eigenvalue weighted by atomic mass is 10.1. The molecule has 1 aromatic rings. The summed E-state index contributed by atoms with van der Waals surface area (Å²) in [5.41, 5.74) is 1.30. The molecule has 0 aliphatic rings. The highest BCUT2D eigenvalue weighted by Crippen LogP contribution is 2.13. The number of unbranched alkanes of at least 4 members (excludes halogenated alkanes) is 3. The van der Waals surface area contributed by atoms with Crippen LogP contribution in [0.3, 0.4) is 0 Å². The molecular formula is C12H16NO2. The summed E-state index contributed by atoms with van der Waals surface area (Å²) in [5, 5.41) is 10.4. The summed E-state index contributed by atoms with van der Waals surface area (Å²) in [4.78, 5) is 10.0. The third kappa shape index (κ3) is 4.11. The second-order valence-corrected chi connectivity index (χ2v) is 3.56. The molecule has 0 bridgehead atoms. The minimum atomic E-state index is -0.370. The summed E-state index contributed by atoms with van der Waals surface area (Å²) >= 11 is 0. The van der Waals surface area contributed by atoms with Gasteiger partial charge in [0.2, 0.25) is 0 Å². The number of rotatable bonds is 6. The SMILES string of the molecule is CCCC[CH]Cc1ccc([N+](=O)[O-])cc1. The Kier molecular flexibility index (Phi) is 4.81.